The molecule has 0 radical (unpaired) electrons. The Bertz CT molecular complexity index is 518. The van der Waals surface area contributed by atoms with Crippen LogP contribution < -0.4 is 10.9 Å². The van der Waals surface area contributed by atoms with Crippen LogP contribution in [0.5, 0.6) is 0 Å². The van der Waals surface area contributed by atoms with Crippen LogP contribution in [-0.4, -0.2) is 5.91 Å². The molecule has 0 bridgehead atoms. The van der Waals surface area contributed by atoms with Crippen LogP contribution in [0, 0.1) is 5.92 Å². The van der Waals surface area contributed by atoms with Crippen molar-refractivity contribution in [3.63, 3.8) is 0 Å². The molecule has 3 heteroatoms. The molecule has 0 atom stereocenters. The molecule has 27 heavy (non-hydrogen) atoms. The van der Waals surface area contributed by atoms with Gasteiger partial charge in [-0.05, 0) is 61.6 Å². The van der Waals surface area contributed by atoms with E-state index in [4.69, 9.17) is 0 Å². The van der Waals surface area contributed by atoms with Crippen LogP contribution in [0.3, 0.4) is 0 Å². The van der Waals surface area contributed by atoms with Gasteiger partial charge >= 0.3 is 0 Å². The molecule has 0 saturated heterocycles. The van der Waals surface area contributed by atoms with Crippen molar-refractivity contribution in [2.45, 2.75) is 103 Å². The smallest absolute Gasteiger partial charge is 0.238 e. The summed E-state index contributed by atoms with van der Waals surface area (Å²) in [7, 11) is 0. The second-order valence-corrected chi connectivity index (χ2v) is 8.32. The first kappa shape index (κ1) is 21.8. The Hall–Kier alpha value is -1.51. The number of carbonyl (C=O) groups is 1. The van der Waals surface area contributed by atoms with Gasteiger partial charge in [-0.2, -0.15) is 0 Å². The highest BCUT2D eigenvalue weighted by Crippen LogP contribution is 2.37. The van der Waals surface area contributed by atoms with E-state index in [9.17, 15) is 4.79 Å². The summed E-state index contributed by atoms with van der Waals surface area (Å²) in [6, 6.07) is 8.66. The number of hydrogen-bond acceptors (Lipinski definition) is 2. The third-order valence-electron chi connectivity index (χ3n) is 6.05. The van der Waals surface area contributed by atoms with Crippen LogP contribution in [0.25, 0.3) is 0 Å². The summed E-state index contributed by atoms with van der Waals surface area (Å²) in [4.78, 5) is 11.8. The van der Waals surface area contributed by atoms with Crippen LogP contribution in [-0.2, 0) is 4.79 Å². The van der Waals surface area contributed by atoms with Gasteiger partial charge in [-0.25, -0.2) is 0 Å². The van der Waals surface area contributed by atoms with Crippen LogP contribution in [0.4, 0.5) is 5.69 Å². The van der Waals surface area contributed by atoms with Gasteiger partial charge in [0.25, 0.3) is 0 Å². The summed E-state index contributed by atoms with van der Waals surface area (Å²) in [5.41, 5.74) is 8.29. The lowest BCUT2D eigenvalue weighted by atomic mass is 9.77. The molecular weight excluding hydrogens is 332 g/mol. The van der Waals surface area contributed by atoms with E-state index in [1.165, 1.54) is 69.8 Å². The topological polar surface area (TPSA) is 41.1 Å². The number of amides is 1. The lowest BCUT2D eigenvalue weighted by molar-refractivity contribution is -0.120. The van der Waals surface area contributed by atoms with Crippen molar-refractivity contribution in [3.8, 4) is 0 Å². The Morgan fingerprint density at radius 3 is 2.22 bits per heavy atom. The van der Waals surface area contributed by atoms with E-state index in [0.29, 0.717) is 6.42 Å². The van der Waals surface area contributed by atoms with Crippen molar-refractivity contribution in [1.82, 2.24) is 5.43 Å². The molecule has 2 rings (SSSR count). The van der Waals surface area contributed by atoms with Crippen LogP contribution in [0.1, 0.15) is 109 Å². The number of nitrogens with one attached hydrogen (secondary N) is 2. The molecule has 152 valence electrons. The fourth-order valence-electron chi connectivity index (χ4n) is 4.22. The molecule has 0 heterocycles. The van der Waals surface area contributed by atoms with Crippen LogP contribution in [0.15, 0.2) is 24.3 Å². The summed E-state index contributed by atoms with van der Waals surface area (Å²) < 4.78 is 0. The van der Waals surface area contributed by atoms with E-state index >= 15 is 0 Å². The molecule has 0 aliphatic heterocycles. The molecule has 3 nitrogen and oxygen atoms in total. The average molecular weight is 373 g/mol. The van der Waals surface area contributed by atoms with Gasteiger partial charge in [0.05, 0.1) is 5.69 Å². The summed E-state index contributed by atoms with van der Waals surface area (Å²) in [6.07, 6.45) is 16.1. The number of unbranched alkanes of at least 4 members (excludes halogenated alkanes) is 5. The molecular formula is C24H40N2O. The number of benzene rings is 1. The molecule has 1 aromatic rings. The average Bonchev–Trinajstić information content (AvgIpc) is 2.71. The van der Waals surface area contributed by atoms with Gasteiger partial charge in [0, 0.05) is 6.42 Å². The monoisotopic (exact) mass is 372 g/mol. The van der Waals surface area contributed by atoms with Crippen molar-refractivity contribution in [2.24, 2.45) is 5.92 Å². The van der Waals surface area contributed by atoms with E-state index in [2.05, 4.69) is 49.0 Å². The van der Waals surface area contributed by atoms with Crippen LogP contribution >= 0.6 is 0 Å². The highest BCUT2D eigenvalue weighted by molar-refractivity contribution is 5.77. The maximum Gasteiger partial charge on any atom is 0.238 e. The highest BCUT2D eigenvalue weighted by Gasteiger charge is 2.21. The van der Waals surface area contributed by atoms with Gasteiger partial charge in [0.1, 0.15) is 0 Å². The second-order valence-electron chi connectivity index (χ2n) is 8.32. The molecule has 0 unspecified atom stereocenters. The Morgan fingerprint density at radius 2 is 1.56 bits per heavy atom. The standard InChI is InChI=1S/C24H40N2O/c1-3-5-7-9-11-24(27)26-25-23-18-16-22(17-19-23)21-14-12-20(13-15-21)10-8-6-4-2/h16-21,25H,3-15H2,1-2H3,(H,26,27). The zero-order chi connectivity index (χ0) is 19.3. The maximum atomic E-state index is 11.8. The van der Waals surface area contributed by atoms with Gasteiger partial charge < -0.3 is 0 Å². The molecule has 1 saturated carbocycles. The molecule has 1 aliphatic carbocycles. The summed E-state index contributed by atoms with van der Waals surface area (Å²) in [5.74, 6) is 1.76. The summed E-state index contributed by atoms with van der Waals surface area (Å²) in [5, 5.41) is 0. The lowest BCUT2D eigenvalue weighted by Crippen LogP contribution is -2.29. The zero-order valence-electron chi connectivity index (χ0n) is 17.6. The van der Waals surface area contributed by atoms with Gasteiger partial charge in [-0.15, -0.1) is 0 Å². The fraction of sp³-hybridized carbons (Fsp3) is 0.708. The minimum Gasteiger partial charge on any atom is -0.299 e. The van der Waals surface area contributed by atoms with E-state index in [1.807, 2.05) is 0 Å². The minimum absolute atomic E-state index is 0.0802. The van der Waals surface area contributed by atoms with Crippen molar-refractivity contribution in [2.75, 3.05) is 5.43 Å². The number of carbonyl (C=O) groups excluding carboxylic acids is 1. The number of hydrazine groups is 1. The Labute approximate surface area is 166 Å². The van der Waals surface area contributed by atoms with Gasteiger partial charge in [0.2, 0.25) is 5.91 Å². The first-order valence-electron chi connectivity index (χ1n) is 11.4. The Balaban J connectivity index is 1.67. The molecule has 0 aromatic heterocycles. The summed E-state index contributed by atoms with van der Waals surface area (Å²) in [6.45, 7) is 4.47. The minimum atomic E-state index is 0.0802. The van der Waals surface area contributed by atoms with E-state index in [1.54, 1.807) is 0 Å². The largest absolute Gasteiger partial charge is 0.299 e. The predicted octanol–water partition coefficient (Wildman–Crippen LogP) is 6.95. The second kappa shape index (κ2) is 12.8. The van der Waals surface area contributed by atoms with Crippen molar-refractivity contribution in [3.05, 3.63) is 29.8 Å². The lowest BCUT2D eigenvalue weighted by Gasteiger charge is -2.29. The van der Waals surface area contributed by atoms with Crippen molar-refractivity contribution in [1.29, 1.82) is 0 Å². The number of hydrogen-bond donors (Lipinski definition) is 2. The zero-order valence-corrected chi connectivity index (χ0v) is 17.6. The number of anilines is 1. The van der Waals surface area contributed by atoms with E-state index < -0.39 is 0 Å². The third-order valence-corrected chi connectivity index (χ3v) is 6.05. The first-order valence-corrected chi connectivity index (χ1v) is 11.4. The van der Waals surface area contributed by atoms with Gasteiger partial charge in [-0.3, -0.25) is 15.6 Å². The number of rotatable bonds is 12. The van der Waals surface area contributed by atoms with Crippen molar-refractivity contribution >= 4 is 11.6 Å². The van der Waals surface area contributed by atoms with Crippen molar-refractivity contribution < 1.29 is 4.79 Å². The molecule has 2 N–H and O–H groups in total. The first-order chi connectivity index (χ1) is 13.2. The van der Waals surface area contributed by atoms with E-state index in [-0.39, 0.29) is 5.91 Å². The van der Waals surface area contributed by atoms with Gasteiger partial charge in [-0.1, -0.05) is 70.9 Å². The SMILES string of the molecule is CCCCCCC(=O)NNc1ccc(C2CCC(CCCCC)CC2)cc1. The molecule has 0 spiro atoms. The fourth-order valence-corrected chi connectivity index (χ4v) is 4.22. The summed E-state index contributed by atoms with van der Waals surface area (Å²) >= 11 is 0. The van der Waals surface area contributed by atoms with E-state index in [0.717, 1.165) is 30.4 Å². The molecule has 1 fully saturated rings. The Morgan fingerprint density at radius 1 is 0.889 bits per heavy atom. The normalized spacial score (nSPS) is 19.6. The third kappa shape index (κ3) is 8.36. The quantitative estimate of drug-likeness (QED) is 0.308. The molecule has 1 aliphatic rings. The highest BCUT2D eigenvalue weighted by atomic mass is 16.2. The predicted molar refractivity (Wildman–Crippen MR) is 116 cm³/mol. The molecule has 1 amide bonds. The molecule has 1 aromatic carbocycles. The van der Waals surface area contributed by atoms with Crippen LogP contribution in [0.2, 0.25) is 0 Å². The maximum absolute atomic E-state index is 11.8. The van der Waals surface area contributed by atoms with Gasteiger partial charge in [0.15, 0.2) is 0 Å². The Kier molecular flexibility index (Phi) is 10.3.